The fraction of sp³-hybridized carbons (Fsp3) is 0.227. The molecule has 3 rings (SSSR count). The maximum Gasteiger partial charge on any atom is 0.317 e. The standard InChI is InChI=1S/C22H20Cl3N3O2/c1-22(2,3)28-20(29)14-11-26-21(27-12-14)30-19(13-4-6-15(23)7-5-13)17-9-8-16(24)10-18(17)25/h4-12,19H,1-3H3,(H,28,29). The molecule has 0 aliphatic rings. The van der Waals surface area contributed by atoms with Crippen LogP contribution in [0.5, 0.6) is 6.01 Å². The Balaban J connectivity index is 1.90. The number of hydrogen-bond acceptors (Lipinski definition) is 4. The maximum absolute atomic E-state index is 12.3. The number of amides is 1. The predicted molar refractivity (Wildman–Crippen MR) is 120 cm³/mol. The van der Waals surface area contributed by atoms with Gasteiger partial charge < -0.3 is 10.1 Å². The van der Waals surface area contributed by atoms with Gasteiger partial charge in [-0.3, -0.25) is 4.79 Å². The van der Waals surface area contributed by atoms with Gasteiger partial charge in [0.2, 0.25) is 0 Å². The van der Waals surface area contributed by atoms with E-state index in [-0.39, 0.29) is 17.5 Å². The third-order valence-electron chi connectivity index (χ3n) is 4.02. The number of nitrogens with one attached hydrogen (secondary N) is 1. The van der Waals surface area contributed by atoms with Crippen LogP contribution < -0.4 is 10.1 Å². The molecule has 1 amide bonds. The lowest BCUT2D eigenvalue weighted by Crippen LogP contribution is -2.40. The summed E-state index contributed by atoms with van der Waals surface area (Å²) in [4.78, 5) is 20.7. The normalized spacial score (nSPS) is 12.3. The Morgan fingerprint density at radius 1 is 0.967 bits per heavy atom. The van der Waals surface area contributed by atoms with Crippen molar-refractivity contribution in [3.63, 3.8) is 0 Å². The van der Waals surface area contributed by atoms with Crippen LogP contribution in [0.25, 0.3) is 0 Å². The summed E-state index contributed by atoms with van der Waals surface area (Å²) in [5, 5.41) is 4.43. The van der Waals surface area contributed by atoms with Crippen molar-refractivity contribution in [2.75, 3.05) is 0 Å². The Labute approximate surface area is 190 Å². The van der Waals surface area contributed by atoms with E-state index in [0.29, 0.717) is 26.2 Å². The molecule has 0 aliphatic heterocycles. The molecule has 156 valence electrons. The Bertz CT molecular complexity index is 1030. The Hall–Kier alpha value is -2.34. The monoisotopic (exact) mass is 463 g/mol. The molecule has 0 radical (unpaired) electrons. The molecular weight excluding hydrogens is 445 g/mol. The van der Waals surface area contributed by atoms with Crippen LogP contribution >= 0.6 is 34.8 Å². The molecule has 1 N–H and O–H groups in total. The first kappa shape index (κ1) is 22.3. The van der Waals surface area contributed by atoms with Gasteiger partial charge in [0.15, 0.2) is 6.10 Å². The van der Waals surface area contributed by atoms with Gasteiger partial charge in [-0.25, -0.2) is 9.97 Å². The van der Waals surface area contributed by atoms with Gasteiger partial charge in [0.05, 0.1) is 5.56 Å². The van der Waals surface area contributed by atoms with Gasteiger partial charge in [-0.15, -0.1) is 0 Å². The van der Waals surface area contributed by atoms with E-state index >= 15 is 0 Å². The summed E-state index contributed by atoms with van der Waals surface area (Å²) in [6.45, 7) is 5.70. The summed E-state index contributed by atoms with van der Waals surface area (Å²) in [7, 11) is 0. The SMILES string of the molecule is CC(C)(C)NC(=O)c1cnc(OC(c2ccc(Cl)cc2)c2ccc(Cl)cc2Cl)nc1. The van der Waals surface area contributed by atoms with E-state index in [0.717, 1.165) is 5.56 Å². The Morgan fingerprint density at radius 3 is 2.13 bits per heavy atom. The number of ether oxygens (including phenoxy) is 1. The van der Waals surface area contributed by atoms with Crippen molar-refractivity contribution in [2.24, 2.45) is 0 Å². The van der Waals surface area contributed by atoms with Crippen LogP contribution in [-0.4, -0.2) is 21.4 Å². The predicted octanol–water partition coefficient (Wildman–Crippen LogP) is 6.13. The zero-order chi connectivity index (χ0) is 21.9. The molecule has 0 saturated carbocycles. The molecule has 1 unspecified atom stereocenters. The molecule has 0 saturated heterocycles. The van der Waals surface area contributed by atoms with Crippen molar-refractivity contribution in [1.29, 1.82) is 0 Å². The van der Waals surface area contributed by atoms with Gasteiger partial charge in [-0.2, -0.15) is 0 Å². The number of nitrogens with zero attached hydrogens (tertiary/aromatic N) is 2. The van der Waals surface area contributed by atoms with Crippen LogP contribution in [0.2, 0.25) is 15.1 Å². The van der Waals surface area contributed by atoms with E-state index < -0.39 is 6.10 Å². The summed E-state index contributed by atoms with van der Waals surface area (Å²) in [5.74, 6) is -0.260. The first-order valence-corrected chi connectivity index (χ1v) is 10.3. The summed E-state index contributed by atoms with van der Waals surface area (Å²) in [6, 6.07) is 12.5. The molecule has 0 spiro atoms. The molecule has 1 atom stereocenters. The second-order valence-electron chi connectivity index (χ2n) is 7.67. The number of carbonyl (C=O) groups excluding carboxylic acids is 1. The fourth-order valence-electron chi connectivity index (χ4n) is 2.68. The molecule has 0 fully saturated rings. The molecule has 30 heavy (non-hydrogen) atoms. The number of hydrogen-bond donors (Lipinski definition) is 1. The first-order chi connectivity index (χ1) is 14.1. The second-order valence-corrected chi connectivity index (χ2v) is 8.95. The van der Waals surface area contributed by atoms with E-state index in [1.807, 2.05) is 32.9 Å². The zero-order valence-corrected chi connectivity index (χ0v) is 18.9. The minimum absolute atomic E-state index is 0.105. The van der Waals surface area contributed by atoms with Crippen molar-refractivity contribution in [1.82, 2.24) is 15.3 Å². The number of halogens is 3. The van der Waals surface area contributed by atoms with E-state index in [4.69, 9.17) is 39.5 Å². The largest absolute Gasteiger partial charge is 0.450 e. The van der Waals surface area contributed by atoms with Crippen LogP contribution in [0.15, 0.2) is 54.9 Å². The van der Waals surface area contributed by atoms with E-state index in [1.54, 1.807) is 30.3 Å². The van der Waals surface area contributed by atoms with Crippen molar-refractivity contribution in [2.45, 2.75) is 32.4 Å². The quantitative estimate of drug-likeness (QED) is 0.493. The van der Waals surface area contributed by atoms with Crippen LogP contribution in [0.1, 0.15) is 48.4 Å². The lowest BCUT2D eigenvalue weighted by atomic mass is 10.0. The molecule has 3 aromatic rings. The molecular formula is C22H20Cl3N3O2. The van der Waals surface area contributed by atoms with E-state index in [1.165, 1.54) is 12.4 Å². The fourth-order valence-corrected chi connectivity index (χ4v) is 3.31. The lowest BCUT2D eigenvalue weighted by Gasteiger charge is -2.21. The summed E-state index contributed by atoms with van der Waals surface area (Å²) in [6.07, 6.45) is 2.25. The maximum atomic E-state index is 12.3. The van der Waals surface area contributed by atoms with Crippen molar-refractivity contribution in [3.05, 3.63) is 86.6 Å². The lowest BCUT2D eigenvalue weighted by molar-refractivity contribution is 0.0918. The van der Waals surface area contributed by atoms with Crippen molar-refractivity contribution in [3.8, 4) is 6.01 Å². The van der Waals surface area contributed by atoms with Crippen LogP contribution in [0, 0.1) is 0 Å². The van der Waals surface area contributed by atoms with Crippen LogP contribution in [0.4, 0.5) is 0 Å². The summed E-state index contributed by atoms with van der Waals surface area (Å²) in [5.41, 5.74) is 1.48. The topological polar surface area (TPSA) is 64.1 Å². The summed E-state index contributed by atoms with van der Waals surface area (Å²) < 4.78 is 6.06. The Morgan fingerprint density at radius 2 is 1.57 bits per heavy atom. The zero-order valence-electron chi connectivity index (χ0n) is 16.6. The highest BCUT2D eigenvalue weighted by Gasteiger charge is 2.22. The van der Waals surface area contributed by atoms with E-state index in [2.05, 4.69) is 15.3 Å². The number of benzene rings is 2. The molecule has 0 aliphatic carbocycles. The highest BCUT2D eigenvalue weighted by Crippen LogP contribution is 2.33. The highest BCUT2D eigenvalue weighted by molar-refractivity contribution is 6.35. The number of aromatic nitrogens is 2. The average molecular weight is 465 g/mol. The molecule has 1 heterocycles. The number of carbonyl (C=O) groups is 1. The first-order valence-electron chi connectivity index (χ1n) is 9.14. The van der Waals surface area contributed by atoms with Crippen molar-refractivity contribution >= 4 is 40.7 Å². The highest BCUT2D eigenvalue weighted by atomic mass is 35.5. The third kappa shape index (κ3) is 5.85. The number of rotatable bonds is 5. The van der Waals surface area contributed by atoms with Gasteiger partial charge in [-0.1, -0.05) is 53.0 Å². The Kier molecular flexibility index (Phi) is 6.86. The van der Waals surface area contributed by atoms with E-state index in [9.17, 15) is 4.79 Å². The average Bonchev–Trinajstić information content (AvgIpc) is 2.66. The van der Waals surface area contributed by atoms with Gasteiger partial charge in [0.1, 0.15) is 0 Å². The van der Waals surface area contributed by atoms with Gasteiger partial charge >= 0.3 is 6.01 Å². The van der Waals surface area contributed by atoms with Gasteiger partial charge in [0.25, 0.3) is 5.91 Å². The smallest absolute Gasteiger partial charge is 0.317 e. The molecule has 1 aromatic heterocycles. The van der Waals surface area contributed by atoms with Crippen LogP contribution in [-0.2, 0) is 0 Å². The van der Waals surface area contributed by atoms with Gasteiger partial charge in [0, 0.05) is 38.6 Å². The van der Waals surface area contributed by atoms with Crippen molar-refractivity contribution < 1.29 is 9.53 Å². The molecule has 5 nitrogen and oxygen atoms in total. The molecule has 8 heteroatoms. The minimum atomic E-state index is -0.596. The molecule has 2 aromatic carbocycles. The minimum Gasteiger partial charge on any atom is -0.450 e. The van der Waals surface area contributed by atoms with Crippen LogP contribution in [0.3, 0.4) is 0 Å². The second kappa shape index (κ2) is 9.21. The summed E-state index contributed by atoms with van der Waals surface area (Å²) >= 11 is 18.5. The molecule has 0 bridgehead atoms. The third-order valence-corrected chi connectivity index (χ3v) is 4.83. The van der Waals surface area contributed by atoms with Gasteiger partial charge in [-0.05, 0) is 50.6 Å².